The van der Waals surface area contributed by atoms with Crippen LogP contribution in [0.4, 0.5) is 0 Å². The molecule has 1 aliphatic rings. The topological polar surface area (TPSA) is 60.7 Å². The van der Waals surface area contributed by atoms with E-state index in [9.17, 15) is 4.79 Å². The van der Waals surface area contributed by atoms with Crippen molar-refractivity contribution in [2.75, 3.05) is 0 Å². The van der Waals surface area contributed by atoms with Gasteiger partial charge in [0.15, 0.2) is 11.2 Å². The van der Waals surface area contributed by atoms with Gasteiger partial charge in [-0.3, -0.25) is 9.36 Å². The number of aromatic nitrogens is 4. The molecule has 17 heavy (non-hydrogen) atoms. The van der Waals surface area contributed by atoms with Gasteiger partial charge in [-0.1, -0.05) is 12.8 Å². The molecule has 3 rings (SSSR count). The van der Waals surface area contributed by atoms with E-state index in [1.165, 1.54) is 12.8 Å². The van der Waals surface area contributed by atoms with Crippen LogP contribution in [0, 0.1) is 6.92 Å². The van der Waals surface area contributed by atoms with Crippen LogP contribution in [0.25, 0.3) is 11.2 Å². The molecule has 0 aromatic carbocycles. The second-order valence-corrected chi connectivity index (χ2v) is 4.50. The lowest BCUT2D eigenvalue weighted by molar-refractivity contribution is 0.485. The molecular formula is C12H14N4O. The van der Waals surface area contributed by atoms with E-state index < -0.39 is 0 Å². The molecule has 0 bridgehead atoms. The molecule has 0 spiro atoms. The first-order valence-corrected chi connectivity index (χ1v) is 5.97. The molecule has 2 aromatic rings. The Bertz CT molecular complexity index is 613. The van der Waals surface area contributed by atoms with Crippen LogP contribution in [0.1, 0.15) is 37.5 Å². The van der Waals surface area contributed by atoms with E-state index in [0.29, 0.717) is 17.2 Å². The van der Waals surface area contributed by atoms with E-state index in [-0.39, 0.29) is 5.56 Å². The first-order valence-electron chi connectivity index (χ1n) is 5.97. The number of nitrogens with zero attached hydrogens (tertiary/aromatic N) is 4. The molecule has 5 nitrogen and oxygen atoms in total. The number of hydrogen-bond donors (Lipinski definition) is 0. The first-order chi connectivity index (χ1) is 8.27. The fourth-order valence-corrected chi connectivity index (χ4v) is 2.62. The zero-order valence-corrected chi connectivity index (χ0v) is 9.76. The summed E-state index contributed by atoms with van der Waals surface area (Å²) in [6.45, 7) is 1.87. The minimum absolute atomic E-state index is 0.0486. The van der Waals surface area contributed by atoms with Crippen LogP contribution in [-0.2, 0) is 0 Å². The maximum absolute atomic E-state index is 12.4. The first kappa shape index (κ1) is 10.4. The summed E-state index contributed by atoms with van der Waals surface area (Å²) in [5.41, 5.74) is 0.779. The van der Waals surface area contributed by atoms with Crippen molar-refractivity contribution in [1.82, 2.24) is 19.5 Å². The van der Waals surface area contributed by atoms with Crippen molar-refractivity contribution in [1.29, 1.82) is 0 Å². The largest absolute Gasteiger partial charge is 0.292 e. The fourth-order valence-electron chi connectivity index (χ4n) is 2.62. The SMILES string of the molecule is Cc1nc2nccnc2c(=O)n1C1CCCC1. The molecule has 0 amide bonds. The van der Waals surface area contributed by atoms with E-state index >= 15 is 0 Å². The molecule has 0 aliphatic heterocycles. The highest BCUT2D eigenvalue weighted by Crippen LogP contribution is 2.28. The Labute approximate surface area is 98.5 Å². The van der Waals surface area contributed by atoms with Gasteiger partial charge in [0.25, 0.3) is 5.56 Å². The molecule has 0 unspecified atom stereocenters. The molecule has 1 saturated carbocycles. The summed E-state index contributed by atoms with van der Waals surface area (Å²) < 4.78 is 1.80. The Balaban J connectivity index is 2.27. The summed E-state index contributed by atoms with van der Waals surface area (Å²) in [6.07, 6.45) is 7.61. The second kappa shape index (κ2) is 3.91. The second-order valence-electron chi connectivity index (χ2n) is 4.50. The third-order valence-corrected chi connectivity index (χ3v) is 3.41. The average Bonchev–Trinajstić information content (AvgIpc) is 2.83. The summed E-state index contributed by atoms with van der Waals surface area (Å²) in [5.74, 6) is 0.745. The van der Waals surface area contributed by atoms with Gasteiger partial charge < -0.3 is 0 Å². The normalized spacial score (nSPS) is 16.8. The van der Waals surface area contributed by atoms with Crippen molar-refractivity contribution in [2.24, 2.45) is 0 Å². The molecule has 88 valence electrons. The van der Waals surface area contributed by atoms with Gasteiger partial charge in [0.05, 0.1) is 0 Å². The summed E-state index contributed by atoms with van der Waals surface area (Å²) in [4.78, 5) is 24.9. The monoisotopic (exact) mass is 230 g/mol. The molecule has 1 fully saturated rings. The maximum Gasteiger partial charge on any atom is 0.281 e. The van der Waals surface area contributed by atoms with Gasteiger partial charge in [0.2, 0.25) is 0 Å². The predicted molar refractivity (Wildman–Crippen MR) is 63.8 cm³/mol. The van der Waals surface area contributed by atoms with E-state index in [2.05, 4.69) is 15.0 Å². The van der Waals surface area contributed by atoms with Crippen molar-refractivity contribution in [3.05, 3.63) is 28.6 Å². The summed E-state index contributed by atoms with van der Waals surface area (Å²) in [7, 11) is 0. The number of rotatable bonds is 1. The number of fused-ring (bicyclic) bond motifs is 1. The molecular weight excluding hydrogens is 216 g/mol. The zero-order chi connectivity index (χ0) is 11.8. The van der Waals surface area contributed by atoms with Crippen molar-refractivity contribution < 1.29 is 0 Å². The van der Waals surface area contributed by atoms with Crippen molar-refractivity contribution in [2.45, 2.75) is 38.6 Å². The molecule has 0 atom stereocenters. The standard InChI is InChI=1S/C12H14N4O/c1-8-15-11-10(13-6-7-14-11)12(17)16(8)9-4-2-3-5-9/h6-7,9H,2-5H2,1H3. The van der Waals surface area contributed by atoms with Gasteiger partial charge in [-0.2, -0.15) is 0 Å². The van der Waals surface area contributed by atoms with Crippen LogP contribution in [-0.4, -0.2) is 19.5 Å². The lowest BCUT2D eigenvalue weighted by atomic mass is 10.2. The summed E-state index contributed by atoms with van der Waals surface area (Å²) in [5, 5.41) is 0. The molecule has 1 aliphatic carbocycles. The summed E-state index contributed by atoms with van der Waals surface area (Å²) in [6, 6.07) is 0.293. The maximum atomic E-state index is 12.4. The number of hydrogen-bond acceptors (Lipinski definition) is 4. The highest BCUT2D eigenvalue weighted by Gasteiger charge is 2.21. The Kier molecular flexibility index (Phi) is 2.39. The highest BCUT2D eigenvalue weighted by atomic mass is 16.1. The van der Waals surface area contributed by atoms with Gasteiger partial charge >= 0.3 is 0 Å². The molecule has 0 saturated heterocycles. The van der Waals surface area contributed by atoms with Crippen LogP contribution < -0.4 is 5.56 Å². The molecule has 0 N–H and O–H groups in total. The third kappa shape index (κ3) is 1.62. The van der Waals surface area contributed by atoms with E-state index in [0.717, 1.165) is 18.7 Å². The van der Waals surface area contributed by atoms with Crippen molar-refractivity contribution in [3.63, 3.8) is 0 Å². The lowest BCUT2D eigenvalue weighted by Gasteiger charge is -2.16. The van der Waals surface area contributed by atoms with Crippen LogP contribution >= 0.6 is 0 Å². The van der Waals surface area contributed by atoms with Crippen LogP contribution in [0.3, 0.4) is 0 Å². The molecule has 2 heterocycles. The molecule has 2 aromatic heterocycles. The van der Waals surface area contributed by atoms with Crippen molar-refractivity contribution >= 4 is 11.2 Å². The predicted octanol–water partition coefficient (Wildman–Crippen LogP) is 1.61. The van der Waals surface area contributed by atoms with E-state index in [1.807, 2.05) is 6.92 Å². The average molecular weight is 230 g/mol. The van der Waals surface area contributed by atoms with Gasteiger partial charge in [-0.25, -0.2) is 15.0 Å². The zero-order valence-electron chi connectivity index (χ0n) is 9.76. The van der Waals surface area contributed by atoms with Gasteiger partial charge in [-0.15, -0.1) is 0 Å². The number of aryl methyl sites for hydroxylation is 1. The Morgan fingerprint density at radius 1 is 1.24 bits per heavy atom. The smallest absolute Gasteiger partial charge is 0.281 e. The molecule has 0 radical (unpaired) electrons. The van der Waals surface area contributed by atoms with Crippen LogP contribution in [0.5, 0.6) is 0 Å². The van der Waals surface area contributed by atoms with Crippen LogP contribution in [0.15, 0.2) is 17.2 Å². The third-order valence-electron chi connectivity index (χ3n) is 3.41. The van der Waals surface area contributed by atoms with E-state index in [1.54, 1.807) is 17.0 Å². The fraction of sp³-hybridized carbons (Fsp3) is 0.500. The van der Waals surface area contributed by atoms with Gasteiger partial charge in [-0.05, 0) is 19.8 Å². The quantitative estimate of drug-likeness (QED) is 0.746. The summed E-state index contributed by atoms with van der Waals surface area (Å²) >= 11 is 0. The van der Waals surface area contributed by atoms with Crippen LogP contribution in [0.2, 0.25) is 0 Å². The minimum Gasteiger partial charge on any atom is -0.292 e. The Morgan fingerprint density at radius 3 is 2.71 bits per heavy atom. The molecule has 5 heteroatoms. The van der Waals surface area contributed by atoms with Crippen molar-refractivity contribution in [3.8, 4) is 0 Å². The highest BCUT2D eigenvalue weighted by molar-refractivity contribution is 5.67. The minimum atomic E-state index is -0.0486. The van der Waals surface area contributed by atoms with Gasteiger partial charge in [0, 0.05) is 18.4 Å². The Morgan fingerprint density at radius 2 is 1.94 bits per heavy atom. The Hall–Kier alpha value is -1.78. The van der Waals surface area contributed by atoms with E-state index in [4.69, 9.17) is 0 Å². The lowest BCUT2D eigenvalue weighted by Crippen LogP contribution is -2.27. The van der Waals surface area contributed by atoms with Gasteiger partial charge in [0.1, 0.15) is 5.82 Å².